The summed E-state index contributed by atoms with van der Waals surface area (Å²) in [6.45, 7) is 1.21. The second-order valence-corrected chi connectivity index (χ2v) is 7.40. The van der Waals surface area contributed by atoms with Crippen LogP contribution in [0.1, 0.15) is 16.8 Å². The third-order valence-electron chi connectivity index (χ3n) is 5.21. The molecule has 29 heavy (non-hydrogen) atoms. The molecule has 0 radical (unpaired) electrons. The number of aromatic nitrogens is 2. The second-order valence-electron chi connectivity index (χ2n) is 6.97. The average molecular weight is 412 g/mol. The lowest BCUT2D eigenvalue weighted by Gasteiger charge is -2.27. The fraction of sp³-hybridized carbons (Fsp3) is 0.273. The van der Waals surface area contributed by atoms with Crippen molar-refractivity contribution >= 4 is 17.5 Å². The highest BCUT2D eigenvalue weighted by atomic mass is 35.5. The molecule has 1 aliphatic heterocycles. The fourth-order valence-electron chi connectivity index (χ4n) is 3.63. The van der Waals surface area contributed by atoms with Crippen LogP contribution in [0.2, 0.25) is 5.02 Å². The Morgan fingerprint density at radius 1 is 1.14 bits per heavy atom. The average Bonchev–Trinajstić information content (AvgIpc) is 3.17. The predicted octanol–water partition coefficient (Wildman–Crippen LogP) is 3.87. The van der Waals surface area contributed by atoms with Crippen molar-refractivity contribution in [3.05, 3.63) is 64.3 Å². The number of H-pyrrole nitrogens is 1. The zero-order chi connectivity index (χ0) is 20.4. The molecule has 0 fully saturated rings. The minimum absolute atomic E-state index is 0.0751. The van der Waals surface area contributed by atoms with Gasteiger partial charge in [0.15, 0.2) is 11.5 Å². The SMILES string of the molecule is COc1ccc(CC(=O)N2CCc3[nH]nc(-c4ccc(Cl)cc4)c3C2)cc1OC. The predicted molar refractivity (Wildman–Crippen MR) is 111 cm³/mol. The molecule has 0 aliphatic carbocycles. The molecule has 6 nitrogen and oxygen atoms in total. The van der Waals surface area contributed by atoms with Gasteiger partial charge in [-0.25, -0.2) is 0 Å². The topological polar surface area (TPSA) is 67.5 Å². The van der Waals surface area contributed by atoms with E-state index in [9.17, 15) is 4.79 Å². The fourth-order valence-corrected chi connectivity index (χ4v) is 3.76. The molecule has 2 heterocycles. The molecule has 2 aromatic carbocycles. The molecule has 0 saturated heterocycles. The number of fused-ring (bicyclic) bond motifs is 1. The van der Waals surface area contributed by atoms with Crippen LogP contribution in [0.5, 0.6) is 11.5 Å². The zero-order valence-corrected chi connectivity index (χ0v) is 17.1. The molecule has 7 heteroatoms. The molecule has 3 aromatic rings. The number of carbonyl (C=O) groups excluding carboxylic acids is 1. The van der Waals surface area contributed by atoms with E-state index < -0.39 is 0 Å². The van der Waals surface area contributed by atoms with Crippen molar-refractivity contribution in [2.45, 2.75) is 19.4 Å². The van der Waals surface area contributed by atoms with Crippen LogP contribution in [0.3, 0.4) is 0 Å². The van der Waals surface area contributed by atoms with Crippen molar-refractivity contribution in [1.29, 1.82) is 0 Å². The number of rotatable bonds is 5. The lowest BCUT2D eigenvalue weighted by molar-refractivity contribution is -0.131. The molecule has 0 saturated carbocycles. The van der Waals surface area contributed by atoms with Crippen LogP contribution in [0, 0.1) is 0 Å². The summed E-state index contributed by atoms with van der Waals surface area (Å²) in [7, 11) is 3.18. The van der Waals surface area contributed by atoms with Gasteiger partial charge in [-0.3, -0.25) is 9.89 Å². The summed E-state index contributed by atoms with van der Waals surface area (Å²) < 4.78 is 10.6. The smallest absolute Gasteiger partial charge is 0.227 e. The molecular formula is C22H22ClN3O3. The summed E-state index contributed by atoms with van der Waals surface area (Å²) in [5, 5.41) is 8.29. The number of carbonyl (C=O) groups is 1. The van der Waals surface area contributed by atoms with E-state index in [1.807, 2.05) is 47.4 Å². The Kier molecular flexibility index (Phi) is 5.45. The first-order valence-electron chi connectivity index (χ1n) is 9.39. The number of halogens is 1. The zero-order valence-electron chi connectivity index (χ0n) is 16.4. The van der Waals surface area contributed by atoms with E-state index in [4.69, 9.17) is 21.1 Å². The summed E-state index contributed by atoms with van der Waals surface area (Å²) >= 11 is 6.00. The van der Waals surface area contributed by atoms with E-state index in [0.29, 0.717) is 36.0 Å². The molecular weight excluding hydrogens is 390 g/mol. The number of methoxy groups -OCH3 is 2. The molecule has 0 atom stereocenters. The van der Waals surface area contributed by atoms with Gasteiger partial charge in [-0.15, -0.1) is 0 Å². The van der Waals surface area contributed by atoms with Gasteiger partial charge in [0.2, 0.25) is 5.91 Å². The number of hydrogen-bond acceptors (Lipinski definition) is 4. The van der Waals surface area contributed by atoms with Crippen molar-refractivity contribution in [2.75, 3.05) is 20.8 Å². The van der Waals surface area contributed by atoms with Gasteiger partial charge in [-0.05, 0) is 29.8 Å². The highest BCUT2D eigenvalue weighted by Gasteiger charge is 2.26. The van der Waals surface area contributed by atoms with Crippen LogP contribution < -0.4 is 9.47 Å². The maximum Gasteiger partial charge on any atom is 0.227 e. The van der Waals surface area contributed by atoms with E-state index in [-0.39, 0.29) is 5.91 Å². The number of nitrogens with one attached hydrogen (secondary N) is 1. The van der Waals surface area contributed by atoms with Gasteiger partial charge in [0, 0.05) is 41.4 Å². The van der Waals surface area contributed by atoms with E-state index in [0.717, 1.165) is 34.5 Å². The van der Waals surface area contributed by atoms with E-state index in [1.54, 1.807) is 14.2 Å². The number of amides is 1. The normalized spacial score (nSPS) is 13.1. The molecule has 4 rings (SSSR count). The molecule has 1 aromatic heterocycles. The van der Waals surface area contributed by atoms with E-state index >= 15 is 0 Å². The molecule has 1 aliphatic rings. The number of benzene rings is 2. The van der Waals surface area contributed by atoms with E-state index in [1.165, 1.54) is 0 Å². The molecule has 150 valence electrons. The monoisotopic (exact) mass is 411 g/mol. The molecule has 0 unspecified atom stereocenters. The Labute approximate surface area is 174 Å². The Bertz CT molecular complexity index is 1030. The summed E-state index contributed by atoms with van der Waals surface area (Å²) in [4.78, 5) is 14.8. The Morgan fingerprint density at radius 3 is 2.62 bits per heavy atom. The van der Waals surface area contributed by atoms with Crippen LogP contribution in [0.25, 0.3) is 11.3 Å². The quantitative estimate of drug-likeness (QED) is 0.692. The van der Waals surface area contributed by atoms with Gasteiger partial charge in [0.25, 0.3) is 0 Å². The first-order valence-corrected chi connectivity index (χ1v) is 9.77. The van der Waals surface area contributed by atoms with Gasteiger partial charge in [-0.2, -0.15) is 5.10 Å². The third-order valence-corrected chi connectivity index (χ3v) is 5.46. The van der Waals surface area contributed by atoms with Crippen LogP contribution in [-0.2, 0) is 24.2 Å². The first-order chi connectivity index (χ1) is 14.1. The van der Waals surface area contributed by atoms with Gasteiger partial charge >= 0.3 is 0 Å². The number of hydrogen-bond donors (Lipinski definition) is 1. The van der Waals surface area contributed by atoms with Gasteiger partial charge in [-0.1, -0.05) is 29.8 Å². The number of nitrogens with zero attached hydrogens (tertiary/aromatic N) is 2. The van der Waals surface area contributed by atoms with Gasteiger partial charge in [0.1, 0.15) is 0 Å². The Morgan fingerprint density at radius 2 is 1.90 bits per heavy atom. The van der Waals surface area contributed by atoms with Gasteiger partial charge in [0.05, 0.1) is 26.3 Å². The van der Waals surface area contributed by atoms with E-state index in [2.05, 4.69) is 10.2 Å². The summed E-state index contributed by atoms with van der Waals surface area (Å²) in [5.41, 5.74) is 4.91. The van der Waals surface area contributed by atoms with Crippen molar-refractivity contribution in [1.82, 2.24) is 15.1 Å². The second kappa shape index (κ2) is 8.17. The Balaban J connectivity index is 1.52. The standard InChI is InChI=1S/C22H22ClN3O3/c1-28-19-8-3-14(11-20(19)29-2)12-21(27)26-10-9-18-17(13-26)22(25-24-18)15-4-6-16(23)7-5-15/h3-8,11H,9-10,12-13H2,1-2H3,(H,24,25). The number of aromatic amines is 1. The molecule has 1 amide bonds. The number of ether oxygens (including phenoxy) is 2. The summed E-state index contributed by atoms with van der Waals surface area (Å²) in [5.74, 6) is 1.35. The highest BCUT2D eigenvalue weighted by molar-refractivity contribution is 6.30. The maximum atomic E-state index is 13.0. The molecule has 0 spiro atoms. The van der Waals surface area contributed by atoms with Crippen molar-refractivity contribution < 1.29 is 14.3 Å². The lowest BCUT2D eigenvalue weighted by Crippen LogP contribution is -2.36. The minimum Gasteiger partial charge on any atom is -0.493 e. The Hall–Kier alpha value is -2.99. The van der Waals surface area contributed by atoms with Crippen LogP contribution in [0.15, 0.2) is 42.5 Å². The first kappa shape index (κ1) is 19.3. The maximum absolute atomic E-state index is 13.0. The van der Waals surface area contributed by atoms with Crippen LogP contribution in [0.4, 0.5) is 0 Å². The third kappa shape index (κ3) is 3.93. The van der Waals surface area contributed by atoms with Gasteiger partial charge < -0.3 is 14.4 Å². The van der Waals surface area contributed by atoms with Crippen molar-refractivity contribution in [2.24, 2.45) is 0 Å². The lowest BCUT2D eigenvalue weighted by atomic mass is 10.0. The summed E-state index contributed by atoms with van der Waals surface area (Å²) in [6, 6.07) is 13.2. The summed E-state index contributed by atoms with van der Waals surface area (Å²) in [6.07, 6.45) is 1.07. The largest absolute Gasteiger partial charge is 0.493 e. The minimum atomic E-state index is 0.0751. The van der Waals surface area contributed by atoms with Crippen LogP contribution in [-0.4, -0.2) is 41.8 Å². The van der Waals surface area contributed by atoms with Crippen molar-refractivity contribution in [3.8, 4) is 22.8 Å². The van der Waals surface area contributed by atoms with Crippen molar-refractivity contribution in [3.63, 3.8) is 0 Å². The van der Waals surface area contributed by atoms with Crippen LogP contribution >= 0.6 is 11.6 Å². The highest BCUT2D eigenvalue weighted by Crippen LogP contribution is 2.30. The molecule has 1 N–H and O–H groups in total. The molecule has 0 bridgehead atoms.